The predicted octanol–water partition coefficient (Wildman–Crippen LogP) is 3.35. The van der Waals surface area contributed by atoms with Gasteiger partial charge in [-0.05, 0) is 55.3 Å². The van der Waals surface area contributed by atoms with Crippen molar-refractivity contribution in [3.63, 3.8) is 0 Å². The third-order valence-electron chi connectivity index (χ3n) is 5.96. The topological polar surface area (TPSA) is 109 Å². The SMILES string of the molecule is O=CNC1CC(C(=O)Nc2ccc(Cl)cc2)C(C(=O)Nc2ccc(-n3ccccc3=O)cc2F)C1. The Morgan fingerprint density at radius 3 is 2.29 bits per heavy atom. The number of pyridine rings is 1. The Kier molecular flexibility index (Phi) is 7.26. The maximum Gasteiger partial charge on any atom is 0.255 e. The molecule has 3 atom stereocenters. The van der Waals surface area contributed by atoms with Gasteiger partial charge in [0, 0.05) is 35.1 Å². The standard InChI is InChI=1S/C25H22ClFN4O4/c26-15-4-6-16(7-5-15)29-24(34)19-11-17(28-14-32)12-20(19)25(35)30-22-9-8-18(13-21(22)27)31-10-2-1-3-23(31)33/h1-10,13-14,17,19-20H,11-12H2,(H,28,32)(H,29,34)(H,30,35). The highest BCUT2D eigenvalue weighted by Gasteiger charge is 2.43. The van der Waals surface area contributed by atoms with Crippen LogP contribution in [0.5, 0.6) is 0 Å². The van der Waals surface area contributed by atoms with E-state index in [-0.39, 0.29) is 36.0 Å². The first-order chi connectivity index (χ1) is 16.9. The molecule has 1 fully saturated rings. The molecule has 0 bridgehead atoms. The molecule has 2 aromatic carbocycles. The molecule has 1 aromatic heterocycles. The summed E-state index contributed by atoms with van der Waals surface area (Å²) in [4.78, 5) is 49.0. The highest BCUT2D eigenvalue weighted by Crippen LogP contribution is 2.34. The van der Waals surface area contributed by atoms with Gasteiger partial charge in [-0.15, -0.1) is 0 Å². The summed E-state index contributed by atoms with van der Waals surface area (Å²) >= 11 is 5.88. The first-order valence-electron chi connectivity index (χ1n) is 10.9. The van der Waals surface area contributed by atoms with Crippen molar-refractivity contribution < 1.29 is 18.8 Å². The first-order valence-corrected chi connectivity index (χ1v) is 11.3. The summed E-state index contributed by atoms with van der Waals surface area (Å²) < 4.78 is 16.1. The number of hydrogen-bond donors (Lipinski definition) is 3. The molecule has 0 saturated heterocycles. The molecule has 3 amide bonds. The monoisotopic (exact) mass is 496 g/mol. The molecule has 1 saturated carbocycles. The van der Waals surface area contributed by atoms with Crippen LogP contribution in [0.2, 0.25) is 5.02 Å². The van der Waals surface area contributed by atoms with Crippen molar-refractivity contribution in [3.8, 4) is 5.69 Å². The molecular weight excluding hydrogens is 475 g/mol. The zero-order valence-electron chi connectivity index (χ0n) is 18.4. The van der Waals surface area contributed by atoms with Gasteiger partial charge in [0.1, 0.15) is 5.82 Å². The number of amides is 3. The van der Waals surface area contributed by atoms with Gasteiger partial charge in [0.15, 0.2) is 0 Å². The number of hydrogen-bond acceptors (Lipinski definition) is 4. The van der Waals surface area contributed by atoms with Gasteiger partial charge in [-0.3, -0.25) is 23.7 Å². The lowest BCUT2D eigenvalue weighted by atomic mass is 9.94. The number of anilines is 2. The van der Waals surface area contributed by atoms with Crippen molar-refractivity contribution >= 4 is 41.2 Å². The molecule has 180 valence electrons. The van der Waals surface area contributed by atoms with E-state index in [9.17, 15) is 23.6 Å². The normalized spacial score (nSPS) is 19.1. The van der Waals surface area contributed by atoms with Crippen molar-refractivity contribution in [2.75, 3.05) is 10.6 Å². The van der Waals surface area contributed by atoms with Crippen molar-refractivity contribution in [2.24, 2.45) is 11.8 Å². The van der Waals surface area contributed by atoms with Crippen molar-refractivity contribution in [1.82, 2.24) is 9.88 Å². The summed E-state index contributed by atoms with van der Waals surface area (Å²) in [6.45, 7) is 0. The summed E-state index contributed by atoms with van der Waals surface area (Å²) in [5.74, 6) is -3.19. The average molecular weight is 497 g/mol. The van der Waals surface area contributed by atoms with Gasteiger partial charge in [0.05, 0.1) is 23.2 Å². The Labute approximate surface area is 205 Å². The molecule has 0 spiro atoms. The van der Waals surface area contributed by atoms with Crippen molar-refractivity contribution in [3.05, 3.63) is 88.1 Å². The smallest absolute Gasteiger partial charge is 0.255 e. The molecule has 3 unspecified atom stereocenters. The fourth-order valence-corrected chi connectivity index (χ4v) is 4.37. The van der Waals surface area contributed by atoms with E-state index in [1.165, 1.54) is 29.0 Å². The van der Waals surface area contributed by atoms with Gasteiger partial charge in [0.2, 0.25) is 18.2 Å². The van der Waals surface area contributed by atoms with Gasteiger partial charge < -0.3 is 16.0 Å². The fourth-order valence-electron chi connectivity index (χ4n) is 4.24. The van der Waals surface area contributed by atoms with E-state index >= 15 is 0 Å². The molecule has 3 aromatic rings. The Morgan fingerprint density at radius 1 is 0.971 bits per heavy atom. The zero-order valence-corrected chi connectivity index (χ0v) is 19.2. The van der Waals surface area contributed by atoms with Gasteiger partial charge in [-0.25, -0.2) is 4.39 Å². The molecule has 10 heteroatoms. The minimum Gasteiger partial charge on any atom is -0.356 e. The molecule has 1 heterocycles. The van der Waals surface area contributed by atoms with Crippen LogP contribution in [0.4, 0.5) is 15.8 Å². The summed E-state index contributed by atoms with van der Waals surface area (Å²) in [7, 11) is 0. The summed E-state index contributed by atoms with van der Waals surface area (Å²) in [6, 6.07) is 14.8. The molecule has 3 N–H and O–H groups in total. The van der Waals surface area contributed by atoms with Crippen LogP contribution in [0.15, 0.2) is 71.7 Å². The lowest BCUT2D eigenvalue weighted by Gasteiger charge is -2.19. The van der Waals surface area contributed by atoms with E-state index in [2.05, 4.69) is 16.0 Å². The van der Waals surface area contributed by atoms with Crippen LogP contribution in [0.1, 0.15) is 12.8 Å². The fraction of sp³-hybridized carbons (Fsp3) is 0.200. The Balaban J connectivity index is 1.51. The van der Waals surface area contributed by atoms with Crippen LogP contribution < -0.4 is 21.5 Å². The van der Waals surface area contributed by atoms with Crippen LogP contribution in [-0.2, 0) is 14.4 Å². The van der Waals surface area contributed by atoms with Crippen LogP contribution in [0.3, 0.4) is 0 Å². The predicted molar refractivity (Wildman–Crippen MR) is 130 cm³/mol. The lowest BCUT2D eigenvalue weighted by Crippen LogP contribution is -2.33. The number of rotatable bonds is 7. The van der Waals surface area contributed by atoms with Gasteiger partial charge in [-0.1, -0.05) is 17.7 Å². The quantitative estimate of drug-likeness (QED) is 0.436. The second kappa shape index (κ2) is 10.5. The summed E-state index contributed by atoms with van der Waals surface area (Å²) in [5.41, 5.74) is 0.426. The maximum atomic E-state index is 14.8. The third kappa shape index (κ3) is 5.58. The van der Waals surface area contributed by atoms with Crippen LogP contribution in [0, 0.1) is 17.7 Å². The van der Waals surface area contributed by atoms with Crippen LogP contribution in [0.25, 0.3) is 5.69 Å². The van der Waals surface area contributed by atoms with Crippen LogP contribution >= 0.6 is 11.6 Å². The van der Waals surface area contributed by atoms with E-state index in [0.29, 0.717) is 22.8 Å². The highest BCUT2D eigenvalue weighted by atomic mass is 35.5. The molecule has 35 heavy (non-hydrogen) atoms. The van der Waals surface area contributed by atoms with E-state index in [0.717, 1.165) is 6.07 Å². The lowest BCUT2D eigenvalue weighted by molar-refractivity contribution is -0.128. The summed E-state index contributed by atoms with van der Waals surface area (Å²) in [5, 5.41) is 8.46. The summed E-state index contributed by atoms with van der Waals surface area (Å²) in [6.07, 6.45) is 2.53. The molecule has 8 nitrogen and oxygen atoms in total. The second-order valence-corrected chi connectivity index (χ2v) is 8.66. The van der Waals surface area contributed by atoms with Crippen molar-refractivity contribution in [2.45, 2.75) is 18.9 Å². The number of halogens is 2. The van der Waals surface area contributed by atoms with E-state index < -0.39 is 23.6 Å². The number of carbonyl (C=O) groups is 3. The van der Waals surface area contributed by atoms with E-state index in [1.807, 2.05) is 0 Å². The Hall–Kier alpha value is -3.98. The van der Waals surface area contributed by atoms with Crippen molar-refractivity contribution in [1.29, 1.82) is 0 Å². The highest BCUT2D eigenvalue weighted by molar-refractivity contribution is 6.30. The largest absolute Gasteiger partial charge is 0.356 e. The second-order valence-electron chi connectivity index (χ2n) is 8.22. The maximum absolute atomic E-state index is 14.8. The Bertz CT molecular complexity index is 1310. The average Bonchev–Trinajstić information content (AvgIpc) is 3.27. The molecule has 0 aliphatic heterocycles. The number of nitrogens with zero attached hydrogens (tertiary/aromatic N) is 1. The first kappa shape index (κ1) is 24.2. The van der Waals surface area contributed by atoms with Gasteiger partial charge >= 0.3 is 0 Å². The minimum atomic E-state index is -0.796. The number of aromatic nitrogens is 1. The number of nitrogens with one attached hydrogen (secondary N) is 3. The number of benzene rings is 2. The zero-order chi connectivity index (χ0) is 24.9. The minimum absolute atomic E-state index is 0.0774. The van der Waals surface area contributed by atoms with E-state index in [1.54, 1.807) is 36.4 Å². The van der Waals surface area contributed by atoms with Crippen LogP contribution in [-0.4, -0.2) is 28.8 Å². The molecule has 4 rings (SSSR count). The molecule has 1 aliphatic rings. The Morgan fingerprint density at radius 2 is 1.66 bits per heavy atom. The molecule has 1 aliphatic carbocycles. The molecular formula is C25H22ClFN4O4. The third-order valence-corrected chi connectivity index (χ3v) is 6.21. The number of carbonyl (C=O) groups excluding carboxylic acids is 3. The molecule has 0 radical (unpaired) electrons. The van der Waals surface area contributed by atoms with Gasteiger partial charge in [-0.2, -0.15) is 0 Å². The van der Waals surface area contributed by atoms with E-state index in [4.69, 9.17) is 11.6 Å². The van der Waals surface area contributed by atoms with Gasteiger partial charge in [0.25, 0.3) is 5.56 Å².